The van der Waals surface area contributed by atoms with Crippen molar-refractivity contribution in [2.24, 2.45) is 0 Å². The normalized spacial score (nSPS) is 11.4. The standard InChI is InChI=1S/C15H16O6/c1-8(2)7-9(3)21-15(20)11-6-4-5-10(13(16)17)12(11)14(18)19/h4-7,9H,1-3H3,(H,16,17)(H,18,19). The second-order valence-corrected chi connectivity index (χ2v) is 4.69. The van der Waals surface area contributed by atoms with E-state index in [2.05, 4.69) is 0 Å². The van der Waals surface area contributed by atoms with Crippen molar-refractivity contribution in [3.8, 4) is 0 Å². The molecule has 6 nitrogen and oxygen atoms in total. The Morgan fingerprint density at radius 3 is 2.14 bits per heavy atom. The number of carboxylic acid groups (broad SMARTS) is 2. The first-order valence-electron chi connectivity index (χ1n) is 6.19. The molecule has 0 bridgehead atoms. The number of rotatable bonds is 5. The third kappa shape index (κ3) is 4.17. The van der Waals surface area contributed by atoms with Crippen LogP contribution in [0.25, 0.3) is 0 Å². The summed E-state index contributed by atoms with van der Waals surface area (Å²) in [5.74, 6) is -3.78. The van der Waals surface area contributed by atoms with E-state index in [1.54, 1.807) is 13.0 Å². The Balaban J connectivity index is 3.21. The lowest BCUT2D eigenvalue weighted by atomic mass is 10.0. The summed E-state index contributed by atoms with van der Waals surface area (Å²) in [6.45, 7) is 5.29. The van der Waals surface area contributed by atoms with Gasteiger partial charge in [0.25, 0.3) is 0 Å². The number of benzene rings is 1. The molecule has 0 aromatic heterocycles. The predicted octanol–water partition coefficient (Wildman–Crippen LogP) is 2.59. The van der Waals surface area contributed by atoms with E-state index in [-0.39, 0.29) is 5.56 Å². The molecule has 1 aromatic carbocycles. The van der Waals surface area contributed by atoms with E-state index in [1.165, 1.54) is 12.1 Å². The number of carboxylic acids is 2. The van der Waals surface area contributed by atoms with Gasteiger partial charge in [-0.2, -0.15) is 0 Å². The van der Waals surface area contributed by atoms with E-state index in [1.807, 2.05) is 13.8 Å². The van der Waals surface area contributed by atoms with Crippen LogP contribution in [0.2, 0.25) is 0 Å². The Labute approximate surface area is 121 Å². The molecule has 0 spiro atoms. The van der Waals surface area contributed by atoms with E-state index in [9.17, 15) is 14.4 Å². The fraction of sp³-hybridized carbons (Fsp3) is 0.267. The number of carbonyl (C=O) groups excluding carboxylic acids is 1. The fourth-order valence-electron chi connectivity index (χ4n) is 1.87. The molecule has 0 aliphatic carbocycles. The third-order valence-electron chi connectivity index (χ3n) is 2.59. The van der Waals surface area contributed by atoms with Gasteiger partial charge in [-0.25, -0.2) is 14.4 Å². The Bertz CT molecular complexity index is 611. The monoisotopic (exact) mass is 292 g/mol. The Hall–Kier alpha value is -2.63. The molecule has 2 N–H and O–H groups in total. The minimum absolute atomic E-state index is 0.281. The second kappa shape index (κ2) is 6.69. The molecule has 1 aromatic rings. The minimum Gasteiger partial charge on any atom is -0.478 e. The largest absolute Gasteiger partial charge is 0.478 e. The van der Waals surface area contributed by atoms with Crippen LogP contribution in [0.1, 0.15) is 51.8 Å². The van der Waals surface area contributed by atoms with E-state index in [0.29, 0.717) is 0 Å². The lowest BCUT2D eigenvalue weighted by molar-refractivity contribution is 0.0415. The molecule has 6 heteroatoms. The smallest absolute Gasteiger partial charge is 0.339 e. The highest BCUT2D eigenvalue weighted by atomic mass is 16.5. The molecule has 0 fully saturated rings. The summed E-state index contributed by atoms with van der Waals surface area (Å²) in [5, 5.41) is 18.1. The van der Waals surface area contributed by atoms with Gasteiger partial charge in [-0.1, -0.05) is 11.6 Å². The van der Waals surface area contributed by atoms with E-state index < -0.39 is 35.1 Å². The zero-order valence-electron chi connectivity index (χ0n) is 11.9. The predicted molar refractivity (Wildman–Crippen MR) is 74.7 cm³/mol. The highest BCUT2D eigenvalue weighted by Gasteiger charge is 2.25. The molecule has 1 atom stereocenters. The lowest BCUT2D eigenvalue weighted by Gasteiger charge is -2.12. The van der Waals surface area contributed by atoms with Gasteiger partial charge in [-0.15, -0.1) is 0 Å². The SMILES string of the molecule is CC(C)=CC(C)OC(=O)c1cccc(C(=O)O)c1C(=O)O. The maximum atomic E-state index is 12.0. The molecule has 0 aliphatic rings. The van der Waals surface area contributed by atoms with Crippen LogP contribution in [-0.2, 0) is 4.74 Å². The van der Waals surface area contributed by atoms with Gasteiger partial charge in [0.1, 0.15) is 6.10 Å². The number of esters is 1. The summed E-state index contributed by atoms with van der Waals surface area (Å²) in [7, 11) is 0. The lowest BCUT2D eigenvalue weighted by Crippen LogP contribution is -2.19. The number of allylic oxidation sites excluding steroid dienone is 1. The fourth-order valence-corrected chi connectivity index (χ4v) is 1.87. The Morgan fingerprint density at radius 2 is 1.67 bits per heavy atom. The van der Waals surface area contributed by atoms with Crippen LogP contribution in [-0.4, -0.2) is 34.2 Å². The molecule has 21 heavy (non-hydrogen) atoms. The van der Waals surface area contributed by atoms with Gasteiger partial charge in [-0.05, 0) is 39.0 Å². The van der Waals surface area contributed by atoms with Crippen molar-refractivity contribution in [3.63, 3.8) is 0 Å². The van der Waals surface area contributed by atoms with Crippen molar-refractivity contribution in [2.45, 2.75) is 26.9 Å². The zero-order chi connectivity index (χ0) is 16.2. The summed E-state index contributed by atoms with van der Waals surface area (Å²) in [6, 6.07) is 3.66. The Kier molecular flexibility index (Phi) is 5.24. The first-order valence-corrected chi connectivity index (χ1v) is 6.19. The number of hydrogen-bond donors (Lipinski definition) is 2. The molecule has 0 heterocycles. The second-order valence-electron chi connectivity index (χ2n) is 4.69. The molecule has 0 saturated heterocycles. The quantitative estimate of drug-likeness (QED) is 0.639. The van der Waals surface area contributed by atoms with E-state index in [4.69, 9.17) is 14.9 Å². The van der Waals surface area contributed by atoms with Crippen LogP contribution in [0.15, 0.2) is 29.8 Å². The van der Waals surface area contributed by atoms with Crippen molar-refractivity contribution in [1.82, 2.24) is 0 Å². The average molecular weight is 292 g/mol. The molecule has 0 amide bonds. The third-order valence-corrected chi connectivity index (χ3v) is 2.59. The molecule has 1 rings (SSSR count). The van der Waals surface area contributed by atoms with Crippen LogP contribution < -0.4 is 0 Å². The van der Waals surface area contributed by atoms with Crippen molar-refractivity contribution in [1.29, 1.82) is 0 Å². The van der Waals surface area contributed by atoms with Gasteiger partial charge in [0.2, 0.25) is 0 Å². The zero-order valence-corrected chi connectivity index (χ0v) is 11.9. The summed E-state index contributed by atoms with van der Waals surface area (Å²) in [4.78, 5) is 34.3. The molecular weight excluding hydrogens is 276 g/mol. The molecule has 112 valence electrons. The highest BCUT2D eigenvalue weighted by Crippen LogP contribution is 2.17. The van der Waals surface area contributed by atoms with Gasteiger partial charge in [0.15, 0.2) is 0 Å². The molecule has 0 radical (unpaired) electrons. The van der Waals surface area contributed by atoms with Crippen molar-refractivity contribution in [2.75, 3.05) is 0 Å². The summed E-state index contributed by atoms with van der Waals surface area (Å²) >= 11 is 0. The van der Waals surface area contributed by atoms with Gasteiger partial charge in [0, 0.05) is 0 Å². The maximum absolute atomic E-state index is 12.0. The van der Waals surface area contributed by atoms with Crippen LogP contribution >= 0.6 is 0 Å². The highest BCUT2D eigenvalue weighted by molar-refractivity contribution is 6.09. The number of hydrogen-bond acceptors (Lipinski definition) is 4. The van der Waals surface area contributed by atoms with Crippen LogP contribution in [0.4, 0.5) is 0 Å². The average Bonchev–Trinajstić information content (AvgIpc) is 2.36. The molecular formula is C15H16O6. The van der Waals surface area contributed by atoms with Gasteiger partial charge in [0.05, 0.1) is 16.7 Å². The first kappa shape index (κ1) is 16.4. The summed E-state index contributed by atoms with van der Waals surface area (Å²) < 4.78 is 5.10. The topological polar surface area (TPSA) is 101 Å². The minimum atomic E-state index is -1.49. The summed E-state index contributed by atoms with van der Waals surface area (Å²) in [6.07, 6.45) is 1.15. The molecule has 1 unspecified atom stereocenters. The van der Waals surface area contributed by atoms with E-state index in [0.717, 1.165) is 11.6 Å². The van der Waals surface area contributed by atoms with E-state index >= 15 is 0 Å². The maximum Gasteiger partial charge on any atom is 0.339 e. The van der Waals surface area contributed by atoms with Crippen LogP contribution in [0.5, 0.6) is 0 Å². The van der Waals surface area contributed by atoms with Crippen molar-refractivity contribution in [3.05, 3.63) is 46.5 Å². The summed E-state index contributed by atoms with van der Waals surface area (Å²) in [5.41, 5.74) is -0.365. The first-order chi connectivity index (χ1) is 9.73. The number of ether oxygens (including phenoxy) is 1. The van der Waals surface area contributed by atoms with Gasteiger partial charge in [-0.3, -0.25) is 0 Å². The molecule has 0 aliphatic heterocycles. The van der Waals surface area contributed by atoms with Crippen molar-refractivity contribution < 1.29 is 29.3 Å². The van der Waals surface area contributed by atoms with Crippen LogP contribution in [0.3, 0.4) is 0 Å². The number of aromatic carboxylic acids is 2. The van der Waals surface area contributed by atoms with Gasteiger partial charge >= 0.3 is 17.9 Å². The number of carbonyl (C=O) groups is 3. The van der Waals surface area contributed by atoms with Gasteiger partial charge < -0.3 is 14.9 Å². The van der Waals surface area contributed by atoms with Crippen molar-refractivity contribution >= 4 is 17.9 Å². The Morgan fingerprint density at radius 1 is 1.10 bits per heavy atom. The molecule has 0 saturated carbocycles. The van der Waals surface area contributed by atoms with Crippen LogP contribution in [0, 0.1) is 0 Å².